The van der Waals surface area contributed by atoms with E-state index in [0.717, 1.165) is 11.3 Å². The topological polar surface area (TPSA) is 76.0 Å². The average molecular weight is 300 g/mol. The third-order valence-electron chi connectivity index (χ3n) is 2.95. The van der Waals surface area contributed by atoms with Crippen LogP contribution in [0.25, 0.3) is 6.08 Å². The van der Waals surface area contributed by atoms with Crippen LogP contribution >= 0.6 is 0 Å². The minimum atomic E-state index is -0.497. The number of aromatic hydroxyl groups is 2. The first-order valence-corrected chi connectivity index (χ1v) is 6.58. The Morgan fingerprint density at radius 3 is 2.45 bits per heavy atom. The van der Waals surface area contributed by atoms with Gasteiger partial charge in [0.2, 0.25) is 0 Å². The summed E-state index contributed by atoms with van der Waals surface area (Å²) in [5.74, 6) is -0.210. The van der Waals surface area contributed by atoms with Crippen molar-refractivity contribution in [2.45, 2.75) is 6.61 Å². The molecule has 5 heteroatoms. The van der Waals surface area contributed by atoms with Gasteiger partial charge >= 0.3 is 5.97 Å². The predicted octanol–water partition coefficient (Wildman–Crippen LogP) is 2.86. The molecule has 0 aromatic heterocycles. The second kappa shape index (κ2) is 7.17. The van der Waals surface area contributed by atoms with Gasteiger partial charge in [0, 0.05) is 6.08 Å². The summed E-state index contributed by atoms with van der Waals surface area (Å²) >= 11 is 0. The van der Waals surface area contributed by atoms with Crippen LogP contribution in [0.4, 0.5) is 0 Å². The number of carbonyl (C=O) groups is 1. The van der Waals surface area contributed by atoms with Crippen molar-refractivity contribution < 1.29 is 24.5 Å². The molecular formula is C17H16O5. The van der Waals surface area contributed by atoms with Gasteiger partial charge in [0.1, 0.15) is 12.4 Å². The van der Waals surface area contributed by atoms with Crippen molar-refractivity contribution in [3.05, 3.63) is 59.7 Å². The molecule has 0 aliphatic heterocycles. The lowest BCUT2D eigenvalue weighted by atomic mass is 10.2. The molecular weight excluding hydrogens is 284 g/mol. The standard InChI is InChI=1S/C17H16O5/c1-21-14-6-2-13(3-7-14)11-22-17(20)9-5-12-4-8-15(18)16(19)10-12/h2-10,18-19H,11H2,1H3/b9-5+. The van der Waals surface area contributed by atoms with E-state index in [-0.39, 0.29) is 18.1 Å². The van der Waals surface area contributed by atoms with E-state index in [4.69, 9.17) is 9.47 Å². The molecule has 0 heterocycles. The molecule has 0 saturated heterocycles. The summed E-state index contributed by atoms with van der Waals surface area (Å²) in [4.78, 5) is 11.6. The quantitative estimate of drug-likeness (QED) is 0.504. The summed E-state index contributed by atoms with van der Waals surface area (Å²) < 4.78 is 10.1. The smallest absolute Gasteiger partial charge is 0.331 e. The zero-order chi connectivity index (χ0) is 15.9. The van der Waals surface area contributed by atoms with Crippen molar-refractivity contribution >= 4 is 12.0 Å². The van der Waals surface area contributed by atoms with Gasteiger partial charge in [-0.25, -0.2) is 4.79 Å². The lowest BCUT2D eigenvalue weighted by Gasteiger charge is -2.04. The molecule has 0 aliphatic carbocycles. The fourth-order valence-electron chi connectivity index (χ4n) is 1.73. The van der Waals surface area contributed by atoms with Crippen molar-refractivity contribution in [3.63, 3.8) is 0 Å². The van der Waals surface area contributed by atoms with Crippen LogP contribution in [0.3, 0.4) is 0 Å². The Morgan fingerprint density at radius 2 is 1.82 bits per heavy atom. The van der Waals surface area contributed by atoms with Crippen molar-refractivity contribution in [1.82, 2.24) is 0 Å². The highest BCUT2D eigenvalue weighted by molar-refractivity contribution is 5.87. The van der Waals surface area contributed by atoms with Gasteiger partial charge in [-0.3, -0.25) is 0 Å². The molecule has 22 heavy (non-hydrogen) atoms. The predicted molar refractivity (Wildman–Crippen MR) is 81.6 cm³/mol. The molecule has 0 bridgehead atoms. The molecule has 0 aliphatic rings. The van der Waals surface area contributed by atoms with Crippen LogP contribution < -0.4 is 4.74 Å². The summed E-state index contributed by atoms with van der Waals surface area (Å²) in [5, 5.41) is 18.5. The van der Waals surface area contributed by atoms with Crippen LogP contribution in [-0.4, -0.2) is 23.3 Å². The molecule has 0 saturated carbocycles. The minimum Gasteiger partial charge on any atom is -0.504 e. The molecule has 2 N–H and O–H groups in total. The SMILES string of the molecule is COc1ccc(COC(=O)/C=C/c2ccc(O)c(O)c2)cc1. The zero-order valence-corrected chi connectivity index (χ0v) is 12.0. The first-order valence-electron chi connectivity index (χ1n) is 6.58. The molecule has 2 rings (SSSR count). The summed E-state index contributed by atoms with van der Waals surface area (Å²) in [6.45, 7) is 0.161. The van der Waals surface area contributed by atoms with Crippen LogP contribution in [-0.2, 0) is 16.1 Å². The van der Waals surface area contributed by atoms with Crippen molar-refractivity contribution in [2.24, 2.45) is 0 Å². The summed E-state index contributed by atoms with van der Waals surface area (Å²) in [7, 11) is 1.58. The maximum atomic E-state index is 11.6. The highest BCUT2D eigenvalue weighted by Crippen LogP contribution is 2.25. The van der Waals surface area contributed by atoms with Gasteiger partial charge in [-0.05, 0) is 41.5 Å². The summed E-state index contributed by atoms with van der Waals surface area (Å²) in [5.41, 5.74) is 1.43. The Kier molecular flexibility index (Phi) is 5.03. The second-order valence-electron chi connectivity index (χ2n) is 4.54. The van der Waals surface area contributed by atoms with Crippen LogP contribution in [0.2, 0.25) is 0 Å². The van der Waals surface area contributed by atoms with Gasteiger partial charge in [-0.15, -0.1) is 0 Å². The first-order chi connectivity index (χ1) is 10.6. The minimum absolute atomic E-state index is 0.161. The highest BCUT2D eigenvalue weighted by Gasteiger charge is 2.01. The lowest BCUT2D eigenvalue weighted by molar-refractivity contribution is -0.138. The van der Waals surface area contributed by atoms with E-state index in [0.29, 0.717) is 5.56 Å². The van der Waals surface area contributed by atoms with Gasteiger partial charge in [0.05, 0.1) is 7.11 Å². The Morgan fingerprint density at radius 1 is 1.09 bits per heavy atom. The summed E-state index contributed by atoms with van der Waals surface area (Å²) in [6.07, 6.45) is 2.75. The number of hydrogen-bond donors (Lipinski definition) is 2. The largest absolute Gasteiger partial charge is 0.504 e. The Labute approximate surface area is 128 Å². The number of phenols is 2. The molecule has 114 valence electrons. The van der Waals surface area contributed by atoms with E-state index < -0.39 is 5.97 Å². The normalized spacial score (nSPS) is 10.6. The molecule has 0 spiro atoms. The van der Waals surface area contributed by atoms with E-state index >= 15 is 0 Å². The van der Waals surface area contributed by atoms with Gasteiger partial charge in [-0.2, -0.15) is 0 Å². The van der Waals surface area contributed by atoms with Crippen molar-refractivity contribution in [2.75, 3.05) is 7.11 Å². The van der Waals surface area contributed by atoms with E-state index in [1.807, 2.05) is 12.1 Å². The number of carbonyl (C=O) groups excluding carboxylic acids is 1. The average Bonchev–Trinajstić information content (AvgIpc) is 2.54. The summed E-state index contributed by atoms with van der Waals surface area (Å²) in [6, 6.07) is 11.5. The highest BCUT2D eigenvalue weighted by atomic mass is 16.5. The molecule has 0 atom stereocenters. The molecule has 5 nitrogen and oxygen atoms in total. The Bertz CT molecular complexity index is 674. The molecule has 0 radical (unpaired) electrons. The Balaban J connectivity index is 1.89. The number of benzene rings is 2. The lowest BCUT2D eigenvalue weighted by Crippen LogP contribution is -2.00. The van der Waals surface area contributed by atoms with Crippen LogP contribution in [0.1, 0.15) is 11.1 Å². The zero-order valence-electron chi connectivity index (χ0n) is 12.0. The van der Waals surface area contributed by atoms with Gasteiger partial charge in [0.25, 0.3) is 0 Å². The number of ether oxygens (including phenoxy) is 2. The molecule has 0 unspecified atom stereocenters. The number of phenolic OH excluding ortho intramolecular Hbond substituents is 2. The van der Waals surface area contributed by atoms with Crippen LogP contribution in [0, 0.1) is 0 Å². The molecule has 0 amide bonds. The monoisotopic (exact) mass is 300 g/mol. The third-order valence-corrected chi connectivity index (χ3v) is 2.95. The van der Waals surface area contributed by atoms with Crippen molar-refractivity contribution in [3.8, 4) is 17.2 Å². The number of methoxy groups -OCH3 is 1. The van der Waals surface area contributed by atoms with E-state index in [2.05, 4.69) is 0 Å². The van der Waals surface area contributed by atoms with Gasteiger partial charge in [0.15, 0.2) is 11.5 Å². The molecule has 0 fully saturated rings. The fourth-order valence-corrected chi connectivity index (χ4v) is 1.73. The second-order valence-corrected chi connectivity index (χ2v) is 4.54. The van der Waals surface area contributed by atoms with Crippen molar-refractivity contribution in [1.29, 1.82) is 0 Å². The van der Waals surface area contributed by atoms with Gasteiger partial charge in [-0.1, -0.05) is 18.2 Å². The maximum absolute atomic E-state index is 11.6. The molecule has 2 aromatic rings. The van der Waals surface area contributed by atoms with Crippen LogP contribution in [0.5, 0.6) is 17.2 Å². The number of rotatable bonds is 5. The van der Waals surface area contributed by atoms with Crippen LogP contribution in [0.15, 0.2) is 48.5 Å². The van der Waals surface area contributed by atoms with E-state index in [1.54, 1.807) is 25.3 Å². The number of hydrogen-bond acceptors (Lipinski definition) is 5. The number of esters is 1. The van der Waals surface area contributed by atoms with E-state index in [9.17, 15) is 15.0 Å². The molecule has 2 aromatic carbocycles. The fraction of sp³-hybridized carbons (Fsp3) is 0.118. The van der Waals surface area contributed by atoms with Gasteiger partial charge < -0.3 is 19.7 Å². The van der Waals surface area contributed by atoms with E-state index in [1.165, 1.54) is 24.3 Å². The first kappa shape index (κ1) is 15.4. The Hall–Kier alpha value is -2.95. The third kappa shape index (κ3) is 4.28. The maximum Gasteiger partial charge on any atom is 0.331 e.